The molecule has 0 aliphatic carbocycles. The van der Waals surface area contributed by atoms with E-state index >= 15 is 0 Å². The van der Waals surface area contributed by atoms with Crippen LogP contribution in [0, 0.1) is 11.3 Å². The van der Waals surface area contributed by atoms with Crippen molar-refractivity contribution in [3.63, 3.8) is 0 Å². The summed E-state index contributed by atoms with van der Waals surface area (Å²) in [5.41, 5.74) is 0.490. The monoisotopic (exact) mass is 331 g/mol. The molecule has 0 aliphatic rings. The highest BCUT2D eigenvalue weighted by molar-refractivity contribution is 9.11. The SMILES string of the molecule is CC(C)C(C)(CNC(C)(C)C)Cc1ccc(Br)s1. The van der Waals surface area contributed by atoms with Crippen molar-refractivity contribution < 1.29 is 0 Å². The third kappa shape index (κ3) is 5.02. The molecule has 104 valence electrons. The van der Waals surface area contributed by atoms with Crippen LogP contribution in [-0.2, 0) is 6.42 Å². The van der Waals surface area contributed by atoms with Gasteiger partial charge in [0.1, 0.15) is 0 Å². The van der Waals surface area contributed by atoms with Crippen LogP contribution in [0.2, 0.25) is 0 Å². The molecule has 0 saturated carbocycles. The Kier molecular flexibility index (Phi) is 5.45. The molecule has 1 unspecified atom stereocenters. The minimum atomic E-state index is 0.187. The molecule has 0 aromatic carbocycles. The number of halogens is 1. The summed E-state index contributed by atoms with van der Waals surface area (Å²) < 4.78 is 1.23. The van der Waals surface area contributed by atoms with Crippen molar-refractivity contribution in [2.45, 2.75) is 53.5 Å². The maximum atomic E-state index is 3.66. The maximum Gasteiger partial charge on any atom is 0.0701 e. The Morgan fingerprint density at radius 1 is 1.22 bits per heavy atom. The van der Waals surface area contributed by atoms with E-state index in [1.165, 1.54) is 8.66 Å². The molecule has 1 atom stereocenters. The number of rotatable bonds is 5. The smallest absolute Gasteiger partial charge is 0.0701 e. The first-order chi connectivity index (χ1) is 8.12. The van der Waals surface area contributed by atoms with Gasteiger partial charge in [0.25, 0.3) is 0 Å². The fourth-order valence-electron chi connectivity index (χ4n) is 1.78. The van der Waals surface area contributed by atoms with E-state index in [1.807, 2.05) is 11.3 Å². The first-order valence-corrected chi connectivity index (χ1v) is 8.22. The molecule has 1 aromatic heterocycles. The Bertz CT molecular complexity index is 378. The van der Waals surface area contributed by atoms with Gasteiger partial charge in [0.2, 0.25) is 0 Å². The van der Waals surface area contributed by atoms with E-state index in [0.29, 0.717) is 11.3 Å². The van der Waals surface area contributed by atoms with Crippen LogP contribution < -0.4 is 5.32 Å². The van der Waals surface area contributed by atoms with Crippen LogP contribution in [0.15, 0.2) is 15.9 Å². The fourth-order valence-corrected chi connectivity index (χ4v) is 3.46. The van der Waals surface area contributed by atoms with E-state index in [-0.39, 0.29) is 5.54 Å². The molecule has 1 heterocycles. The minimum Gasteiger partial charge on any atom is -0.312 e. The molecule has 1 aromatic rings. The third-order valence-corrected chi connectivity index (χ3v) is 5.25. The van der Waals surface area contributed by atoms with Crippen LogP contribution >= 0.6 is 27.3 Å². The second-order valence-electron chi connectivity index (χ2n) is 6.79. The Balaban J connectivity index is 2.74. The molecule has 0 spiro atoms. The summed E-state index contributed by atoms with van der Waals surface area (Å²) in [6.07, 6.45) is 1.14. The Morgan fingerprint density at radius 2 is 1.83 bits per heavy atom. The van der Waals surface area contributed by atoms with E-state index in [9.17, 15) is 0 Å². The van der Waals surface area contributed by atoms with Crippen molar-refractivity contribution in [2.24, 2.45) is 11.3 Å². The van der Waals surface area contributed by atoms with Gasteiger partial charge in [-0.15, -0.1) is 11.3 Å². The predicted octanol–water partition coefficient (Wildman–Crippen LogP) is 5.10. The zero-order chi connectivity index (χ0) is 14.0. The van der Waals surface area contributed by atoms with Crippen LogP contribution in [0.1, 0.15) is 46.4 Å². The van der Waals surface area contributed by atoms with Crippen LogP contribution in [0.4, 0.5) is 0 Å². The van der Waals surface area contributed by atoms with Crippen LogP contribution in [-0.4, -0.2) is 12.1 Å². The summed E-state index contributed by atoms with van der Waals surface area (Å²) in [5.74, 6) is 0.660. The third-order valence-electron chi connectivity index (χ3n) is 3.62. The van der Waals surface area contributed by atoms with E-state index in [2.05, 4.69) is 74.9 Å². The fraction of sp³-hybridized carbons (Fsp3) is 0.733. The van der Waals surface area contributed by atoms with Gasteiger partial charge < -0.3 is 5.32 Å². The average Bonchev–Trinajstić information content (AvgIpc) is 2.60. The topological polar surface area (TPSA) is 12.0 Å². The van der Waals surface area contributed by atoms with Crippen LogP contribution in [0.3, 0.4) is 0 Å². The van der Waals surface area contributed by atoms with Crippen LogP contribution in [0.25, 0.3) is 0 Å². The number of hydrogen-bond donors (Lipinski definition) is 1. The van der Waals surface area contributed by atoms with Gasteiger partial charge in [0.15, 0.2) is 0 Å². The second-order valence-corrected chi connectivity index (χ2v) is 9.34. The maximum absolute atomic E-state index is 3.66. The van der Waals surface area contributed by atoms with Crippen molar-refractivity contribution in [3.05, 3.63) is 20.8 Å². The molecule has 0 fully saturated rings. The lowest BCUT2D eigenvalue weighted by atomic mass is 9.75. The van der Waals surface area contributed by atoms with Gasteiger partial charge in [-0.1, -0.05) is 20.8 Å². The van der Waals surface area contributed by atoms with E-state index in [4.69, 9.17) is 0 Å². The molecule has 0 bridgehead atoms. The van der Waals surface area contributed by atoms with Crippen LogP contribution in [0.5, 0.6) is 0 Å². The highest BCUT2D eigenvalue weighted by atomic mass is 79.9. The second kappa shape index (κ2) is 6.06. The first kappa shape index (κ1) is 16.2. The molecule has 1 rings (SSSR count). The molecule has 0 aliphatic heterocycles. The minimum absolute atomic E-state index is 0.187. The summed E-state index contributed by atoms with van der Waals surface area (Å²) >= 11 is 5.40. The standard InChI is InChI=1S/C15H26BrNS/c1-11(2)15(6,10-17-14(3,4)5)9-12-7-8-13(16)18-12/h7-8,11,17H,9-10H2,1-6H3. The predicted molar refractivity (Wildman–Crippen MR) is 86.4 cm³/mol. The summed E-state index contributed by atoms with van der Waals surface area (Å²) in [7, 11) is 0. The zero-order valence-electron chi connectivity index (χ0n) is 12.4. The van der Waals surface area contributed by atoms with E-state index < -0.39 is 0 Å². The Morgan fingerprint density at radius 3 is 2.22 bits per heavy atom. The van der Waals surface area contributed by atoms with E-state index in [0.717, 1.165) is 13.0 Å². The van der Waals surface area contributed by atoms with Crippen molar-refractivity contribution in [2.75, 3.05) is 6.54 Å². The van der Waals surface area contributed by atoms with Crippen molar-refractivity contribution in [1.82, 2.24) is 5.32 Å². The normalized spacial score (nSPS) is 16.0. The molecule has 0 saturated heterocycles. The summed E-state index contributed by atoms with van der Waals surface area (Å²) in [4.78, 5) is 1.47. The number of nitrogens with one attached hydrogen (secondary N) is 1. The quantitative estimate of drug-likeness (QED) is 0.791. The van der Waals surface area contributed by atoms with Gasteiger partial charge in [-0.25, -0.2) is 0 Å². The van der Waals surface area contributed by atoms with E-state index in [1.54, 1.807) is 0 Å². The molecule has 1 N–H and O–H groups in total. The highest BCUT2D eigenvalue weighted by Gasteiger charge is 2.30. The van der Waals surface area contributed by atoms with Gasteiger partial charge in [0.05, 0.1) is 3.79 Å². The number of thiophene rings is 1. The van der Waals surface area contributed by atoms with Crippen molar-refractivity contribution in [3.8, 4) is 0 Å². The summed E-state index contributed by atoms with van der Waals surface area (Å²) in [5, 5.41) is 3.66. The molecule has 0 radical (unpaired) electrons. The first-order valence-electron chi connectivity index (χ1n) is 6.62. The Labute approximate surface area is 125 Å². The molecule has 18 heavy (non-hydrogen) atoms. The zero-order valence-corrected chi connectivity index (χ0v) is 14.8. The highest BCUT2D eigenvalue weighted by Crippen LogP contribution is 2.34. The largest absolute Gasteiger partial charge is 0.312 e. The lowest BCUT2D eigenvalue weighted by molar-refractivity contribution is 0.189. The van der Waals surface area contributed by atoms with Crippen molar-refractivity contribution in [1.29, 1.82) is 0 Å². The van der Waals surface area contributed by atoms with Gasteiger partial charge >= 0.3 is 0 Å². The van der Waals surface area contributed by atoms with Gasteiger partial charge in [0, 0.05) is 17.0 Å². The molecular formula is C15H26BrNS. The Hall–Kier alpha value is 0.140. The summed E-state index contributed by atoms with van der Waals surface area (Å²) in [6, 6.07) is 4.39. The summed E-state index contributed by atoms with van der Waals surface area (Å²) in [6.45, 7) is 14.8. The van der Waals surface area contributed by atoms with Gasteiger partial charge in [-0.2, -0.15) is 0 Å². The lowest BCUT2D eigenvalue weighted by Crippen LogP contribution is -2.45. The number of hydrogen-bond acceptors (Lipinski definition) is 2. The molecular weight excluding hydrogens is 306 g/mol. The van der Waals surface area contributed by atoms with Gasteiger partial charge in [-0.05, 0) is 66.6 Å². The lowest BCUT2D eigenvalue weighted by Gasteiger charge is -2.37. The van der Waals surface area contributed by atoms with Crippen molar-refractivity contribution >= 4 is 27.3 Å². The molecule has 0 amide bonds. The van der Waals surface area contributed by atoms with Gasteiger partial charge in [-0.3, -0.25) is 0 Å². The molecule has 3 heteroatoms. The molecule has 1 nitrogen and oxygen atoms in total. The average molecular weight is 332 g/mol.